The van der Waals surface area contributed by atoms with Crippen LogP contribution in [0, 0.1) is 6.42 Å². The molecule has 0 heterocycles. The number of hydrogen-bond acceptors (Lipinski definition) is 0. The Bertz CT molecular complexity index is 42.3. The van der Waals surface area contributed by atoms with Crippen molar-refractivity contribution in [1.82, 2.24) is 0 Å². The van der Waals surface area contributed by atoms with Gasteiger partial charge in [-0.1, -0.05) is 19.3 Å². The summed E-state index contributed by atoms with van der Waals surface area (Å²) in [5, 5.41) is 0. The van der Waals surface area contributed by atoms with Gasteiger partial charge in [-0.3, -0.25) is 0 Å². The van der Waals surface area contributed by atoms with Crippen LogP contribution in [0.15, 0.2) is 0 Å². The maximum Gasteiger partial charge on any atom is -0.693 e. The minimum Gasteiger partial charge on any atom is -0.693 e. The molecule has 1 aliphatic carbocycles. The second-order valence-electron chi connectivity index (χ2n) is 1.97. The molecule has 0 aliphatic heterocycles. The summed E-state index contributed by atoms with van der Waals surface area (Å²) in [6.45, 7) is 0. The second kappa shape index (κ2) is 17.3. The van der Waals surface area contributed by atoms with E-state index in [-0.39, 0.29) is 12.3 Å². The van der Waals surface area contributed by atoms with Gasteiger partial charge in [-0.2, -0.15) is 12.8 Å². The van der Waals surface area contributed by atoms with Crippen molar-refractivity contribution in [2.45, 2.75) is 32.1 Å². The van der Waals surface area contributed by atoms with Gasteiger partial charge in [0.05, 0.1) is 0 Å². The first-order chi connectivity index (χ1) is 4.41. The molecule has 4 N–H and O–H groups in total. The SMILES string of the molecule is [CH-]1CCCCC1.[Cl][Pt][Cl].[NH2-].[NH2-]. The summed E-state index contributed by atoms with van der Waals surface area (Å²) in [6, 6.07) is 0. The molecule has 0 aromatic rings. The van der Waals surface area contributed by atoms with Crippen LogP contribution < -0.4 is 0 Å². The number of rotatable bonds is 0. The average Bonchev–Trinajstić information content (AvgIpc) is 1.93. The van der Waals surface area contributed by atoms with Crippen LogP contribution >= 0.6 is 18.8 Å². The summed E-state index contributed by atoms with van der Waals surface area (Å²) < 4.78 is 0. The van der Waals surface area contributed by atoms with E-state index in [1.54, 1.807) is 0 Å². The van der Waals surface area contributed by atoms with Gasteiger partial charge in [-0.05, 0) is 0 Å². The van der Waals surface area contributed by atoms with Gasteiger partial charge in [0.2, 0.25) is 0 Å². The zero-order chi connectivity index (χ0) is 6.95. The minimum absolute atomic E-state index is 0. The van der Waals surface area contributed by atoms with E-state index in [1.807, 2.05) is 0 Å². The van der Waals surface area contributed by atoms with Crippen LogP contribution in [0.2, 0.25) is 0 Å². The third-order valence-electron chi connectivity index (χ3n) is 1.32. The van der Waals surface area contributed by atoms with Crippen molar-refractivity contribution >= 4 is 18.8 Å². The Morgan fingerprint density at radius 2 is 1.27 bits per heavy atom. The fourth-order valence-electron chi connectivity index (χ4n) is 0.898. The second-order valence-corrected chi connectivity index (χ2v) is 5.25. The summed E-state index contributed by atoms with van der Waals surface area (Å²) in [5.41, 5.74) is 0. The van der Waals surface area contributed by atoms with Crippen molar-refractivity contribution in [1.29, 1.82) is 0 Å². The third-order valence-corrected chi connectivity index (χ3v) is 1.32. The minimum atomic E-state index is -0.472. The molecule has 76 valence electrons. The van der Waals surface area contributed by atoms with Gasteiger partial charge >= 0.3 is 35.3 Å². The van der Waals surface area contributed by atoms with Crippen molar-refractivity contribution in [3.05, 3.63) is 18.7 Å². The number of nitrogens with two attached hydrogens (primary N) is 2. The number of hydrogen-bond donors (Lipinski definition) is 0. The normalized spacial score (nSPS) is 15.1. The van der Waals surface area contributed by atoms with Crippen LogP contribution in [-0.2, 0) is 16.5 Å². The predicted molar refractivity (Wildman–Crippen MR) is 49.7 cm³/mol. The smallest absolute Gasteiger partial charge is 0.693 e. The molecule has 0 aromatic carbocycles. The van der Waals surface area contributed by atoms with Crippen LogP contribution in [-0.4, -0.2) is 0 Å². The monoisotopic (exact) mass is 380 g/mol. The standard InChI is InChI=1S/C6H11.2ClH.2H2N.Pt/c1-2-4-6-5-3-1;;;;;/h1H,2-6H2;2*1H;2*1H2;/q-1;;;2*-1;+2/p-2. The molecule has 1 fully saturated rings. The summed E-state index contributed by atoms with van der Waals surface area (Å²) >= 11 is -0.472. The molecule has 11 heavy (non-hydrogen) atoms. The summed E-state index contributed by atoms with van der Waals surface area (Å²) in [5.74, 6) is 0. The van der Waals surface area contributed by atoms with Gasteiger partial charge in [-0.25, -0.2) is 0 Å². The van der Waals surface area contributed by atoms with Gasteiger partial charge in [0.1, 0.15) is 0 Å². The Balaban J connectivity index is -0.000000116. The fourth-order valence-corrected chi connectivity index (χ4v) is 0.898. The molecule has 0 aromatic heterocycles. The van der Waals surface area contributed by atoms with E-state index in [0.717, 1.165) is 0 Å². The third kappa shape index (κ3) is 18.3. The topological polar surface area (TPSA) is 67.0 Å². The Morgan fingerprint density at radius 1 is 0.909 bits per heavy atom. The van der Waals surface area contributed by atoms with E-state index >= 15 is 0 Å². The van der Waals surface area contributed by atoms with E-state index in [1.165, 1.54) is 32.1 Å². The Kier molecular flexibility index (Phi) is 28.5. The first-order valence-electron chi connectivity index (χ1n) is 3.06. The van der Waals surface area contributed by atoms with Crippen molar-refractivity contribution in [2.24, 2.45) is 0 Å². The first kappa shape index (κ1) is 18.1. The molecule has 0 amide bonds. The summed E-state index contributed by atoms with van der Waals surface area (Å²) in [4.78, 5) is 0. The maximum absolute atomic E-state index is 4.88. The molecule has 0 radical (unpaired) electrons. The molecule has 0 bridgehead atoms. The first-order valence-corrected chi connectivity index (χ1v) is 8.69. The largest absolute Gasteiger partial charge is 0.693 e. The maximum atomic E-state index is 4.88. The summed E-state index contributed by atoms with van der Waals surface area (Å²) in [7, 11) is 9.75. The number of halogens is 2. The van der Waals surface area contributed by atoms with E-state index in [9.17, 15) is 0 Å². The Labute approximate surface area is 86.0 Å². The van der Waals surface area contributed by atoms with Gasteiger partial charge in [0, 0.05) is 0 Å². The summed E-state index contributed by atoms with van der Waals surface area (Å²) in [6.07, 6.45) is 9.50. The average molecular weight is 381 g/mol. The Hall–Kier alpha value is 1.19. The molecule has 2 nitrogen and oxygen atoms in total. The van der Waals surface area contributed by atoms with Crippen molar-refractivity contribution in [2.75, 3.05) is 0 Å². The van der Waals surface area contributed by atoms with E-state index in [0.29, 0.717) is 0 Å². The molecular formula is C6H15Cl2N2Pt-3. The van der Waals surface area contributed by atoms with Crippen molar-refractivity contribution in [3.63, 3.8) is 0 Å². The molecule has 1 saturated carbocycles. The van der Waals surface area contributed by atoms with Gasteiger partial charge < -0.3 is 18.7 Å². The van der Waals surface area contributed by atoms with Crippen LogP contribution in [0.4, 0.5) is 0 Å². The van der Waals surface area contributed by atoms with Crippen LogP contribution in [0.3, 0.4) is 0 Å². The van der Waals surface area contributed by atoms with Crippen LogP contribution in [0.5, 0.6) is 0 Å². The molecule has 0 spiro atoms. The van der Waals surface area contributed by atoms with Crippen LogP contribution in [0.25, 0.3) is 12.3 Å². The van der Waals surface area contributed by atoms with Crippen LogP contribution in [0.1, 0.15) is 32.1 Å². The fraction of sp³-hybridized carbons (Fsp3) is 0.833. The zero-order valence-electron chi connectivity index (χ0n) is 6.34. The molecular weight excluding hydrogens is 366 g/mol. The molecule has 0 atom stereocenters. The van der Waals surface area contributed by atoms with Crippen molar-refractivity contribution in [3.8, 4) is 0 Å². The van der Waals surface area contributed by atoms with Crippen molar-refractivity contribution < 1.29 is 16.5 Å². The van der Waals surface area contributed by atoms with E-state index in [2.05, 4.69) is 6.42 Å². The van der Waals surface area contributed by atoms with Gasteiger partial charge in [0.15, 0.2) is 0 Å². The predicted octanol–water partition coefficient (Wildman–Crippen LogP) is 4.97. The Morgan fingerprint density at radius 3 is 1.36 bits per heavy atom. The molecule has 0 saturated heterocycles. The van der Waals surface area contributed by atoms with Gasteiger partial charge in [0.25, 0.3) is 0 Å². The quantitative estimate of drug-likeness (QED) is 0.532. The van der Waals surface area contributed by atoms with E-state index in [4.69, 9.17) is 18.8 Å². The van der Waals surface area contributed by atoms with E-state index < -0.39 is 16.5 Å². The molecule has 1 aliphatic rings. The molecule has 5 heteroatoms. The molecule has 0 unspecified atom stereocenters. The zero-order valence-corrected chi connectivity index (χ0v) is 10.1. The molecule has 1 rings (SSSR count). The van der Waals surface area contributed by atoms with Gasteiger partial charge in [-0.15, -0.1) is 0 Å².